The Hall–Kier alpha value is -2.07. The summed E-state index contributed by atoms with van der Waals surface area (Å²) in [5.41, 5.74) is 8.44. The molecule has 2 aromatic heterocycles. The van der Waals surface area contributed by atoms with E-state index in [2.05, 4.69) is 22.1 Å². The molecule has 0 bridgehead atoms. The summed E-state index contributed by atoms with van der Waals surface area (Å²) in [6.45, 7) is 1.87. The van der Waals surface area contributed by atoms with E-state index in [1.54, 1.807) is 6.20 Å². The molecule has 4 nitrogen and oxygen atoms in total. The van der Waals surface area contributed by atoms with Crippen LogP contribution in [0.15, 0.2) is 41.1 Å². The van der Waals surface area contributed by atoms with Crippen molar-refractivity contribution in [3.05, 3.63) is 53.9 Å². The molecule has 3 rings (SSSR count). The molecule has 3 N–H and O–H groups in total. The van der Waals surface area contributed by atoms with E-state index in [0.717, 1.165) is 11.3 Å². The fourth-order valence-electron chi connectivity index (χ4n) is 2.17. The topological polar surface area (TPSA) is 67.8 Å². The molecule has 92 valence electrons. The number of oxazole rings is 1. The number of nitrogens with zero attached hydrogens (tertiary/aromatic N) is 1. The third-order valence-electron chi connectivity index (χ3n) is 3.07. The highest BCUT2D eigenvalue weighted by molar-refractivity contribution is 5.83. The van der Waals surface area contributed by atoms with Crippen molar-refractivity contribution in [2.24, 2.45) is 5.73 Å². The van der Waals surface area contributed by atoms with Gasteiger partial charge in [-0.15, -0.1) is 0 Å². The second-order valence-electron chi connectivity index (χ2n) is 4.48. The van der Waals surface area contributed by atoms with Crippen molar-refractivity contribution in [3.8, 4) is 0 Å². The summed E-state index contributed by atoms with van der Waals surface area (Å²) in [6.07, 6.45) is 4.41. The lowest BCUT2D eigenvalue weighted by molar-refractivity contribution is 0.431. The van der Waals surface area contributed by atoms with Crippen molar-refractivity contribution in [1.82, 2.24) is 9.97 Å². The molecule has 4 heteroatoms. The molecule has 0 aliphatic rings. The minimum Gasteiger partial charge on any atom is -0.444 e. The average Bonchev–Trinajstić information content (AvgIpc) is 2.97. The van der Waals surface area contributed by atoms with Crippen molar-refractivity contribution in [2.45, 2.75) is 19.4 Å². The first-order valence-corrected chi connectivity index (χ1v) is 5.97. The Labute approximate surface area is 105 Å². The van der Waals surface area contributed by atoms with Gasteiger partial charge in [-0.2, -0.15) is 0 Å². The zero-order chi connectivity index (χ0) is 12.5. The number of aromatic amines is 1. The molecule has 0 aliphatic heterocycles. The molecule has 3 aromatic rings. The van der Waals surface area contributed by atoms with Crippen LogP contribution in [0.2, 0.25) is 0 Å². The molecule has 18 heavy (non-hydrogen) atoms. The summed E-state index contributed by atoms with van der Waals surface area (Å²) in [7, 11) is 0. The fraction of sp³-hybridized carbons (Fsp3) is 0.214. The number of H-pyrrole nitrogens is 1. The van der Waals surface area contributed by atoms with E-state index in [1.165, 1.54) is 10.9 Å². The van der Waals surface area contributed by atoms with Crippen molar-refractivity contribution in [1.29, 1.82) is 0 Å². The highest BCUT2D eigenvalue weighted by Crippen LogP contribution is 2.22. The van der Waals surface area contributed by atoms with Crippen LogP contribution in [0.25, 0.3) is 10.9 Å². The van der Waals surface area contributed by atoms with Gasteiger partial charge in [0.1, 0.15) is 5.76 Å². The number of rotatable bonds is 3. The van der Waals surface area contributed by atoms with Gasteiger partial charge in [0.05, 0.1) is 12.2 Å². The van der Waals surface area contributed by atoms with Gasteiger partial charge in [-0.1, -0.05) is 18.2 Å². The zero-order valence-electron chi connectivity index (χ0n) is 10.2. The number of para-hydroxylation sites is 1. The molecule has 0 radical (unpaired) electrons. The van der Waals surface area contributed by atoms with Crippen LogP contribution in [0.1, 0.15) is 23.3 Å². The monoisotopic (exact) mass is 241 g/mol. The van der Waals surface area contributed by atoms with E-state index >= 15 is 0 Å². The second-order valence-corrected chi connectivity index (χ2v) is 4.48. The number of aryl methyl sites for hydroxylation is 1. The van der Waals surface area contributed by atoms with Gasteiger partial charge in [-0.3, -0.25) is 0 Å². The Morgan fingerprint density at radius 3 is 3.00 bits per heavy atom. The van der Waals surface area contributed by atoms with Gasteiger partial charge in [0.2, 0.25) is 5.89 Å². The van der Waals surface area contributed by atoms with Crippen LogP contribution in [0.3, 0.4) is 0 Å². The Kier molecular flexibility index (Phi) is 2.64. The maximum Gasteiger partial charge on any atom is 0.211 e. The summed E-state index contributed by atoms with van der Waals surface area (Å²) in [6, 6.07) is 7.98. The van der Waals surface area contributed by atoms with Crippen LogP contribution in [0, 0.1) is 6.92 Å². The first kappa shape index (κ1) is 11.0. The van der Waals surface area contributed by atoms with Gasteiger partial charge >= 0.3 is 0 Å². The molecule has 0 saturated heterocycles. The summed E-state index contributed by atoms with van der Waals surface area (Å²) in [5.74, 6) is 1.39. The molecule has 1 aromatic carbocycles. The quantitative estimate of drug-likeness (QED) is 0.740. The highest BCUT2D eigenvalue weighted by atomic mass is 16.4. The fourth-order valence-corrected chi connectivity index (χ4v) is 2.17. The Morgan fingerprint density at radius 1 is 1.39 bits per heavy atom. The predicted molar refractivity (Wildman–Crippen MR) is 70.2 cm³/mol. The first-order chi connectivity index (χ1) is 8.74. The normalized spacial score (nSPS) is 13.0. The van der Waals surface area contributed by atoms with Gasteiger partial charge < -0.3 is 15.1 Å². The van der Waals surface area contributed by atoms with E-state index < -0.39 is 0 Å². The van der Waals surface area contributed by atoms with Crippen molar-refractivity contribution < 1.29 is 4.42 Å². The average molecular weight is 241 g/mol. The highest BCUT2D eigenvalue weighted by Gasteiger charge is 2.14. The number of nitrogens with two attached hydrogens (primary N) is 1. The molecule has 1 unspecified atom stereocenters. The Balaban J connectivity index is 1.88. The number of hydrogen-bond donors (Lipinski definition) is 2. The number of aromatic nitrogens is 2. The lowest BCUT2D eigenvalue weighted by atomic mass is 10.1. The Morgan fingerprint density at radius 2 is 2.22 bits per heavy atom. The van der Waals surface area contributed by atoms with Crippen LogP contribution in [-0.2, 0) is 6.42 Å². The van der Waals surface area contributed by atoms with E-state index in [0.29, 0.717) is 12.3 Å². The molecule has 0 fully saturated rings. The van der Waals surface area contributed by atoms with E-state index in [4.69, 9.17) is 10.2 Å². The summed E-state index contributed by atoms with van der Waals surface area (Å²) < 4.78 is 5.46. The first-order valence-electron chi connectivity index (χ1n) is 5.97. The van der Waals surface area contributed by atoms with E-state index in [1.807, 2.05) is 25.3 Å². The minimum atomic E-state index is -0.210. The van der Waals surface area contributed by atoms with Gasteiger partial charge in [-0.05, 0) is 25.0 Å². The standard InChI is InChI=1S/C14H15N3O/c1-9-7-17-14(18-9)12(15)6-10-8-16-13-5-3-2-4-11(10)13/h2-5,7-8,12,16H,6,15H2,1H3. The zero-order valence-corrected chi connectivity index (χ0v) is 10.2. The van der Waals surface area contributed by atoms with Crippen LogP contribution in [-0.4, -0.2) is 9.97 Å². The third-order valence-corrected chi connectivity index (χ3v) is 3.07. The van der Waals surface area contributed by atoms with Gasteiger partial charge in [0.25, 0.3) is 0 Å². The van der Waals surface area contributed by atoms with Crippen molar-refractivity contribution in [3.63, 3.8) is 0 Å². The molecule has 0 saturated carbocycles. The number of hydrogen-bond acceptors (Lipinski definition) is 3. The molecule has 0 spiro atoms. The van der Waals surface area contributed by atoms with E-state index in [-0.39, 0.29) is 6.04 Å². The van der Waals surface area contributed by atoms with Crippen LogP contribution in [0.4, 0.5) is 0 Å². The SMILES string of the molecule is Cc1cnc(C(N)Cc2c[nH]c3ccccc23)o1. The third kappa shape index (κ3) is 1.91. The van der Waals surface area contributed by atoms with Crippen molar-refractivity contribution in [2.75, 3.05) is 0 Å². The second kappa shape index (κ2) is 4.31. The minimum absolute atomic E-state index is 0.210. The molecular weight excluding hydrogens is 226 g/mol. The predicted octanol–water partition coefficient (Wildman–Crippen LogP) is 2.71. The van der Waals surface area contributed by atoms with Crippen molar-refractivity contribution >= 4 is 10.9 Å². The number of benzene rings is 1. The van der Waals surface area contributed by atoms with E-state index in [9.17, 15) is 0 Å². The maximum atomic E-state index is 6.12. The van der Waals surface area contributed by atoms with Gasteiger partial charge in [-0.25, -0.2) is 4.98 Å². The lowest BCUT2D eigenvalue weighted by Gasteiger charge is -2.06. The molecule has 0 aliphatic carbocycles. The molecule has 2 heterocycles. The molecule has 0 amide bonds. The van der Waals surface area contributed by atoms with Gasteiger partial charge in [0.15, 0.2) is 0 Å². The largest absolute Gasteiger partial charge is 0.444 e. The maximum absolute atomic E-state index is 6.12. The van der Waals surface area contributed by atoms with Gasteiger partial charge in [0, 0.05) is 17.1 Å². The Bertz CT molecular complexity index is 668. The summed E-state index contributed by atoms with van der Waals surface area (Å²) >= 11 is 0. The molecular formula is C14H15N3O. The van der Waals surface area contributed by atoms with Crippen LogP contribution >= 0.6 is 0 Å². The number of nitrogens with one attached hydrogen (secondary N) is 1. The smallest absolute Gasteiger partial charge is 0.211 e. The number of fused-ring (bicyclic) bond motifs is 1. The van der Waals surface area contributed by atoms with Crippen LogP contribution in [0.5, 0.6) is 0 Å². The van der Waals surface area contributed by atoms with Crippen LogP contribution < -0.4 is 5.73 Å². The molecule has 1 atom stereocenters. The summed E-state index contributed by atoms with van der Waals surface area (Å²) in [4.78, 5) is 7.42. The lowest BCUT2D eigenvalue weighted by Crippen LogP contribution is -2.13. The summed E-state index contributed by atoms with van der Waals surface area (Å²) in [5, 5.41) is 1.20.